The van der Waals surface area contributed by atoms with Crippen molar-refractivity contribution in [1.82, 2.24) is 0 Å². The average molecular weight is 300 g/mol. The molecule has 0 aromatic heterocycles. The highest BCUT2D eigenvalue weighted by molar-refractivity contribution is 7.80. The number of nitrogens with two attached hydrogens (primary N) is 1. The van der Waals surface area contributed by atoms with Crippen LogP contribution in [0.4, 0.5) is 28.9 Å². The van der Waals surface area contributed by atoms with Gasteiger partial charge < -0.3 is 11.1 Å². The molecule has 0 saturated heterocycles. The van der Waals surface area contributed by atoms with Gasteiger partial charge >= 0.3 is 0 Å². The average Bonchev–Trinajstić information content (AvgIpc) is 2.38. The van der Waals surface area contributed by atoms with Crippen LogP contribution in [-0.4, -0.2) is 4.99 Å². The first kappa shape index (κ1) is 14.3. The monoisotopic (exact) mass is 300 g/mol. The lowest BCUT2D eigenvalue weighted by molar-refractivity contribution is 0.511. The summed E-state index contributed by atoms with van der Waals surface area (Å²) in [6, 6.07) is 5.07. The molecule has 0 aliphatic carbocycles. The van der Waals surface area contributed by atoms with Gasteiger partial charge in [0.2, 0.25) is 0 Å². The van der Waals surface area contributed by atoms with Gasteiger partial charge in [-0.3, -0.25) is 0 Å². The number of benzene rings is 2. The molecule has 2 nitrogen and oxygen atoms in total. The molecule has 0 saturated carbocycles. The molecule has 2 aromatic rings. The van der Waals surface area contributed by atoms with Gasteiger partial charge in [0.1, 0.15) is 22.3 Å². The summed E-state index contributed by atoms with van der Waals surface area (Å²) in [5.41, 5.74) is 4.27. The van der Waals surface area contributed by atoms with Gasteiger partial charge in [0.15, 0.2) is 11.6 Å². The van der Waals surface area contributed by atoms with Crippen LogP contribution in [0.2, 0.25) is 0 Å². The molecule has 2 rings (SSSR count). The van der Waals surface area contributed by atoms with E-state index in [4.69, 9.17) is 5.73 Å². The largest absolute Gasteiger partial charge is 0.389 e. The molecule has 0 heterocycles. The minimum Gasteiger partial charge on any atom is -0.389 e. The Kier molecular flexibility index (Phi) is 3.89. The van der Waals surface area contributed by atoms with E-state index in [2.05, 4.69) is 17.5 Å². The van der Waals surface area contributed by atoms with E-state index >= 15 is 0 Å². The molecule has 0 bridgehead atoms. The van der Waals surface area contributed by atoms with Gasteiger partial charge in [-0.05, 0) is 24.3 Å². The minimum absolute atomic E-state index is 0.000245. The lowest BCUT2D eigenvalue weighted by Gasteiger charge is -2.11. The molecule has 3 N–H and O–H groups in total. The van der Waals surface area contributed by atoms with E-state index < -0.39 is 29.0 Å². The predicted octanol–water partition coefficient (Wildman–Crippen LogP) is 3.62. The summed E-state index contributed by atoms with van der Waals surface area (Å²) in [6.07, 6.45) is 0. The Morgan fingerprint density at radius 2 is 1.60 bits per heavy atom. The molecule has 0 fully saturated rings. The van der Waals surface area contributed by atoms with Gasteiger partial charge in [-0.15, -0.1) is 0 Å². The number of halogens is 4. The smallest absolute Gasteiger partial charge is 0.182 e. The van der Waals surface area contributed by atoms with Crippen molar-refractivity contribution >= 4 is 28.6 Å². The van der Waals surface area contributed by atoms with Crippen LogP contribution in [0.1, 0.15) is 5.56 Å². The Bertz CT molecular complexity index is 665. The Labute approximate surface area is 117 Å². The third kappa shape index (κ3) is 2.72. The quantitative estimate of drug-likeness (QED) is 0.671. The summed E-state index contributed by atoms with van der Waals surface area (Å²) in [5.74, 6) is -4.40. The van der Waals surface area contributed by atoms with Gasteiger partial charge in [0, 0.05) is 5.56 Å². The highest BCUT2D eigenvalue weighted by Crippen LogP contribution is 2.27. The van der Waals surface area contributed by atoms with Crippen LogP contribution in [0.5, 0.6) is 0 Å². The number of rotatable bonds is 3. The number of hydrogen-bond acceptors (Lipinski definition) is 2. The fourth-order valence-corrected chi connectivity index (χ4v) is 1.69. The molecular formula is C13H8F4N2S. The van der Waals surface area contributed by atoms with E-state index in [0.29, 0.717) is 0 Å². The highest BCUT2D eigenvalue weighted by atomic mass is 32.1. The van der Waals surface area contributed by atoms with Gasteiger partial charge in [-0.1, -0.05) is 18.3 Å². The lowest BCUT2D eigenvalue weighted by atomic mass is 10.1. The van der Waals surface area contributed by atoms with Crippen LogP contribution < -0.4 is 11.1 Å². The molecule has 7 heteroatoms. The summed E-state index contributed by atoms with van der Waals surface area (Å²) in [4.78, 5) is -0.175. The Hall–Kier alpha value is -2.15. The normalized spacial score (nSPS) is 10.4. The topological polar surface area (TPSA) is 38.0 Å². The molecular weight excluding hydrogens is 292 g/mol. The molecule has 20 heavy (non-hydrogen) atoms. The Morgan fingerprint density at radius 3 is 2.15 bits per heavy atom. The second-order valence-electron chi connectivity index (χ2n) is 3.91. The van der Waals surface area contributed by atoms with Crippen molar-refractivity contribution in [1.29, 1.82) is 0 Å². The molecule has 0 aliphatic rings. The zero-order valence-electron chi connectivity index (χ0n) is 9.88. The summed E-state index contributed by atoms with van der Waals surface area (Å²) >= 11 is 4.61. The minimum atomic E-state index is -1.23. The molecule has 0 aliphatic heterocycles. The second-order valence-corrected chi connectivity index (χ2v) is 4.35. The molecule has 0 spiro atoms. The maximum absolute atomic E-state index is 13.8. The maximum Gasteiger partial charge on any atom is 0.182 e. The van der Waals surface area contributed by atoms with Crippen LogP contribution in [-0.2, 0) is 0 Å². The first-order chi connectivity index (χ1) is 9.40. The third-order valence-electron chi connectivity index (χ3n) is 2.54. The molecule has 104 valence electrons. The number of nitrogens with one attached hydrogen (secondary N) is 1. The fraction of sp³-hybridized carbons (Fsp3) is 0. The van der Waals surface area contributed by atoms with Crippen LogP contribution in [0.25, 0.3) is 0 Å². The highest BCUT2D eigenvalue weighted by Gasteiger charge is 2.15. The van der Waals surface area contributed by atoms with Gasteiger partial charge in [0.25, 0.3) is 0 Å². The summed E-state index contributed by atoms with van der Waals surface area (Å²) in [7, 11) is 0. The van der Waals surface area contributed by atoms with Crippen molar-refractivity contribution in [3.8, 4) is 0 Å². The maximum atomic E-state index is 13.8. The SMILES string of the molecule is NC(=S)c1cc(F)c(Nc2cccc(F)c2F)c(F)c1. The Balaban J connectivity index is 2.44. The van der Waals surface area contributed by atoms with Gasteiger partial charge in [0.05, 0.1) is 5.69 Å². The van der Waals surface area contributed by atoms with Crippen molar-refractivity contribution in [3.05, 3.63) is 59.2 Å². The van der Waals surface area contributed by atoms with Gasteiger partial charge in [-0.25, -0.2) is 17.6 Å². The van der Waals surface area contributed by atoms with E-state index in [1.54, 1.807) is 0 Å². The fourth-order valence-electron chi connectivity index (χ4n) is 1.57. The summed E-state index contributed by atoms with van der Waals surface area (Å²) < 4.78 is 54.0. The molecule has 0 amide bonds. The molecule has 0 unspecified atom stereocenters. The van der Waals surface area contributed by atoms with Crippen molar-refractivity contribution in [2.75, 3.05) is 5.32 Å². The predicted molar refractivity (Wildman–Crippen MR) is 71.9 cm³/mol. The van der Waals surface area contributed by atoms with Crippen LogP contribution >= 0.6 is 12.2 Å². The summed E-state index contributed by atoms with van der Waals surface area (Å²) in [5, 5.41) is 2.17. The molecule has 0 radical (unpaired) electrons. The van der Waals surface area contributed by atoms with E-state index in [-0.39, 0.29) is 16.2 Å². The third-order valence-corrected chi connectivity index (χ3v) is 2.77. The lowest BCUT2D eigenvalue weighted by Crippen LogP contribution is -2.11. The molecule has 2 aromatic carbocycles. The van der Waals surface area contributed by atoms with Crippen LogP contribution in [0, 0.1) is 23.3 Å². The van der Waals surface area contributed by atoms with Crippen molar-refractivity contribution in [3.63, 3.8) is 0 Å². The summed E-state index contributed by atoms with van der Waals surface area (Å²) in [6.45, 7) is 0. The van der Waals surface area contributed by atoms with Gasteiger partial charge in [-0.2, -0.15) is 0 Å². The number of thiocarbonyl (C=S) groups is 1. The van der Waals surface area contributed by atoms with E-state index in [1.807, 2.05) is 0 Å². The molecule has 0 atom stereocenters. The zero-order chi connectivity index (χ0) is 14.9. The van der Waals surface area contributed by atoms with E-state index in [1.165, 1.54) is 6.07 Å². The standard InChI is InChI=1S/C13H8F4N2S/c14-7-2-1-3-10(11(7)17)19-12-8(15)4-6(13(18)20)5-9(12)16/h1-5,19H,(H2,18,20). The van der Waals surface area contributed by atoms with E-state index in [9.17, 15) is 17.6 Å². The van der Waals surface area contributed by atoms with Crippen molar-refractivity contribution in [2.45, 2.75) is 0 Å². The first-order valence-corrected chi connectivity index (χ1v) is 5.81. The second kappa shape index (κ2) is 5.46. The van der Waals surface area contributed by atoms with Crippen LogP contribution in [0.3, 0.4) is 0 Å². The zero-order valence-corrected chi connectivity index (χ0v) is 10.7. The first-order valence-electron chi connectivity index (χ1n) is 5.40. The van der Waals surface area contributed by atoms with Crippen molar-refractivity contribution in [2.24, 2.45) is 5.73 Å². The number of anilines is 2. The number of hydrogen-bond donors (Lipinski definition) is 2. The van der Waals surface area contributed by atoms with Crippen LogP contribution in [0.15, 0.2) is 30.3 Å². The Morgan fingerprint density at radius 1 is 1.00 bits per heavy atom. The van der Waals surface area contributed by atoms with E-state index in [0.717, 1.165) is 24.3 Å². The van der Waals surface area contributed by atoms with Crippen molar-refractivity contribution < 1.29 is 17.6 Å².